The van der Waals surface area contributed by atoms with Crippen molar-refractivity contribution in [3.05, 3.63) is 0 Å². The molecule has 2 rings (SSSR count). The Labute approximate surface area is 146 Å². The van der Waals surface area contributed by atoms with Crippen LogP contribution in [0.1, 0.15) is 71.6 Å². The fourth-order valence-electron chi connectivity index (χ4n) is 2.96. The fraction of sp³-hybridized carbons (Fsp3) is 0.833. The second-order valence-corrected chi connectivity index (χ2v) is 6.42. The lowest BCUT2D eigenvalue weighted by molar-refractivity contribution is 0.311. The second kappa shape index (κ2) is 11.0. The number of aromatic nitrogens is 3. The fourth-order valence-corrected chi connectivity index (χ4v) is 2.96. The molecule has 0 aliphatic carbocycles. The Morgan fingerprint density at radius 2 is 1.67 bits per heavy atom. The topological polar surface area (TPSA) is 63.2 Å². The third-order valence-corrected chi connectivity index (χ3v) is 4.33. The Morgan fingerprint density at radius 3 is 2.42 bits per heavy atom. The van der Waals surface area contributed by atoms with E-state index in [1.54, 1.807) is 0 Å². The van der Waals surface area contributed by atoms with Crippen molar-refractivity contribution in [1.29, 1.82) is 0 Å². The minimum atomic E-state index is 0.429. The molecular formula is C18H33N5O. The predicted molar refractivity (Wildman–Crippen MR) is 98.9 cm³/mol. The summed E-state index contributed by atoms with van der Waals surface area (Å²) in [4.78, 5) is 15.7. The maximum Gasteiger partial charge on any atom is 0.323 e. The Morgan fingerprint density at radius 1 is 0.917 bits per heavy atom. The van der Waals surface area contributed by atoms with Crippen molar-refractivity contribution in [3.8, 4) is 6.01 Å². The van der Waals surface area contributed by atoms with E-state index in [2.05, 4.69) is 32.1 Å². The summed E-state index contributed by atoms with van der Waals surface area (Å²) in [6, 6.07) is 0.429. The van der Waals surface area contributed by atoms with Crippen LogP contribution in [-0.2, 0) is 0 Å². The third-order valence-electron chi connectivity index (χ3n) is 4.33. The van der Waals surface area contributed by atoms with Crippen molar-refractivity contribution < 1.29 is 4.74 Å². The van der Waals surface area contributed by atoms with E-state index >= 15 is 0 Å². The van der Waals surface area contributed by atoms with E-state index in [1.165, 1.54) is 51.4 Å². The van der Waals surface area contributed by atoms with Crippen LogP contribution in [0.15, 0.2) is 0 Å². The quantitative estimate of drug-likeness (QED) is 0.616. The molecule has 0 radical (unpaired) electrons. The maximum atomic E-state index is 5.52. The monoisotopic (exact) mass is 335 g/mol. The highest BCUT2D eigenvalue weighted by Crippen LogP contribution is 2.19. The Hall–Kier alpha value is -1.59. The molecule has 1 saturated heterocycles. The van der Waals surface area contributed by atoms with Crippen LogP contribution in [0.3, 0.4) is 0 Å². The van der Waals surface area contributed by atoms with E-state index in [0.717, 1.165) is 32.0 Å². The summed E-state index contributed by atoms with van der Waals surface area (Å²) in [7, 11) is 0. The smallest absolute Gasteiger partial charge is 0.323 e. The highest BCUT2D eigenvalue weighted by Gasteiger charge is 2.16. The van der Waals surface area contributed by atoms with E-state index < -0.39 is 0 Å². The summed E-state index contributed by atoms with van der Waals surface area (Å²) >= 11 is 0. The number of anilines is 2. The average molecular weight is 335 g/mol. The first-order valence-corrected chi connectivity index (χ1v) is 9.71. The molecule has 136 valence electrons. The number of rotatable bonds is 11. The van der Waals surface area contributed by atoms with Crippen LogP contribution in [-0.4, -0.2) is 41.2 Å². The molecule has 0 atom stereocenters. The molecule has 24 heavy (non-hydrogen) atoms. The number of nitrogens with one attached hydrogen (secondary N) is 1. The molecule has 1 aliphatic heterocycles. The first-order valence-electron chi connectivity index (χ1n) is 9.71. The van der Waals surface area contributed by atoms with Gasteiger partial charge in [0.1, 0.15) is 0 Å². The summed E-state index contributed by atoms with van der Waals surface area (Å²) in [5.41, 5.74) is 0. The van der Waals surface area contributed by atoms with Gasteiger partial charge in [-0.05, 0) is 32.6 Å². The number of hydrogen-bond donors (Lipinski definition) is 1. The van der Waals surface area contributed by atoms with Gasteiger partial charge in [0.2, 0.25) is 11.9 Å². The number of piperidine rings is 1. The molecule has 0 spiro atoms. The number of ether oxygens (including phenoxy) is 1. The molecule has 0 saturated carbocycles. The van der Waals surface area contributed by atoms with Crippen molar-refractivity contribution in [2.45, 2.75) is 71.6 Å². The summed E-state index contributed by atoms with van der Waals surface area (Å²) in [6.07, 6.45) is 11.4. The summed E-state index contributed by atoms with van der Waals surface area (Å²) in [5.74, 6) is 1.39. The molecule has 6 heteroatoms. The lowest BCUT2D eigenvalue weighted by atomic mass is 10.1. The van der Waals surface area contributed by atoms with Gasteiger partial charge in [-0.3, -0.25) is 0 Å². The minimum absolute atomic E-state index is 0.429. The van der Waals surface area contributed by atoms with Crippen LogP contribution >= 0.6 is 0 Å². The van der Waals surface area contributed by atoms with Crippen LogP contribution in [0.2, 0.25) is 0 Å². The van der Waals surface area contributed by atoms with Crippen molar-refractivity contribution in [1.82, 2.24) is 15.0 Å². The number of unbranched alkanes of at least 4 members (excludes halogenated alkanes) is 5. The number of hydrogen-bond acceptors (Lipinski definition) is 6. The lowest BCUT2D eigenvalue weighted by Crippen LogP contribution is -2.31. The van der Waals surface area contributed by atoms with Gasteiger partial charge in [0.15, 0.2) is 0 Å². The zero-order chi connectivity index (χ0) is 17.0. The second-order valence-electron chi connectivity index (χ2n) is 6.42. The van der Waals surface area contributed by atoms with Gasteiger partial charge in [0.05, 0.1) is 6.61 Å². The van der Waals surface area contributed by atoms with Gasteiger partial charge in [-0.1, -0.05) is 39.0 Å². The van der Waals surface area contributed by atoms with Crippen LogP contribution in [0.4, 0.5) is 11.9 Å². The van der Waals surface area contributed by atoms with Crippen LogP contribution in [0.5, 0.6) is 6.01 Å². The van der Waals surface area contributed by atoms with E-state index in [9.17, 15) is 0 Å². The van der Waals surface area contributed by atoms with Crippen molar-refractivity contribution in [2.75, 3.05) is 36.5 Å². The normalized spacial score (nSPS) is 14.7. The largest absolute Gasteiger partial charge is 0.464 e. The SMILES string of the molecule is CCCCCCCCNc1nc(OCC)nc(N2CCCCC2)n1. The summed E-state index contributed by atoms with van der Waals surface area (Å²) < 4.78 is 5.52. The standard InChI is InChI=1S/C18H33N5O/c1-3-5-6-7-8-10-13-19-16-20-17(22-18(21-16)24-4-2)23-14-11-9-12-15-23/h3-15H2,1-2H3,(H,19,20,21,22). The molecule has 1 aromatic rings. The van der Waals surface area contributed by atoms with Crippen LogP contribution in [0, 0.1) is 0 Å². The molecule has 0 bridgehead atoms. The molecule has 1 N–H and O–H groups in total. The predicted octanol–water partition coefficient (Wildman–Crippen LogP) is 4.03. The van der Waals surface area contributed by atoms with E-state index in [4.69, 9.17) is 4.74 Å². The number of nitrogens with zero attached hydrogens (tertiary/aromatic N) is 4. The highest BCUT2D eigenvalue weighted by molar-refractivity contribution is 5.38. The van der Waals surface area contributed by atoms with Gasteiger partial charge in [-0.25, -0.2) is 0 Å². The van der Waals surface area contributed by atoms with Gasteiger partial charge in [-0.2, -0.15) is 15.0 Å². The summed E-state index contributed by atoms with van der Waals surface area (Å²) in [6.45, 7) is 7.71. The van der Waals surface area contributed by atoms with Crippen LogP contribution in [0.25, 0.3) is 0 Å². The molecule has 1 aliphatic rings. The van der Waals surface area contributed by atoms with Gasteiger partial charge < -0.3 is 15.0 Å². The highest BCUT2D eigenvalue weighted by atomic mass is 16.5. The molecule has 0 aromatic carbocycles. The Kier molecular flexibility index (Phi) is 8.63. The van der Waals surface area contributed by atoms with Gasteiger partial charge >= 0.3 is 6.01 Å². The van der Waals surface area contributed by atoms with E-state index in [0.29, 0.717) is 18.6 Å². The van der Waals surface area contributed by atoms with Gasteiger partial charge in [0, 0.05) is 19.6 Å². The van der Waals surface area contributed by atoms with E-state index in [1.807, 2.05) is 6.92 Å². The lowest BCUT2D eigenvalue weighted by Gasteiger charge is -2.26. The molecule has 0 amide bonds. The average Bonchev–Trinajstić information content (AvgIpc) is 2.62. The minimum Gasteiger partial charge on any atom is -0.464 e. The maximum absolute atomic E-state index is 5.52. The zero-order valence-corrected chi connectivity index (χ0v) is 15.4. The Balaban J connectivity index is 1.86. The molecule has 1 aromatic heterocycles. The van der Waals surface area contributed by atoms with Crippen molar-refractivity contribution >= 4 is 11.9 Å². The van der Waals surface area contributed by atoms with Gasteiger partial charge in [0.25, 0.3) is 0 Å². The molecular weight excluding hydrogens is 302 g/mol. The molecule has 2 heterocycles. The third kappa shape index (κ3) is 6.49. The molecule has 6 nitrogen and oxygen atoms in total. The zero-order valence-electron chi connectivity index (χ0n) is 15.4. The molecule has 1 fully saturated rings. The van der Waals surface area contributed by atoms with Gasteiger partial charge in [-0.15, -0.1) is 0 Å². The van der Waals surface area contributed by atoms with Crippen molar-refractivity contribution in [3.63, 3.8) is 0 Å². The first kappa shape index (κ1) is 18.7. The van der Waals surface area contributed by atoms with E-state index in [-0.39, 0.29) is 0 Å². The van der Waals surface area contributed by atoms with Crippen LogP contribution < -0.4 is 15.0 Å². The first-order chi connectivity index (χ1) is 11.8. The van der Waals surface area contributed by atoms with Crippen molar-refractivity contribution in [2.24, 2.45) is 0 Å². The molecule has 0 unspecified atom stereocenters. The Bertz CT molecular complexity index is 463. The summed E-state index contributed by atoms with van der Waals surface area (Å²) in [5, 5.41) is 3.34.